The molecule has 0 spiro atoms. The maximum Gasteiger partial charge on any atom is 0.251 e. The van der Waals surface area contributed by atoms with Crippen LogP contribution in [0, 0.1) is 47.0 Å². The molecule has 0 aromatic heterocycles. The normalized spacial score (nSPS) is 21.9. The maximum atomic E-state index is 13.6. The number of benzene rings is 5. The van der Waals surface area contributed by atoms with Gasteiger partial charge in [0.1, 0.15) is 34.7 Å². The summed E-state index contributed by atoms with van der Waals surface area (Å²) in [6.45, 7) is 26.2. The lowest BCUT2D eigenvalue weighted by Gasteiger charge is -2.39. The summed E-state index contributed by atoms with van der Waals surface area (Å²) in [5.41, 5.74) is 1.37. The molecule has 13 N–H and O–H groups in total. The highest BCUT2D eigenvalue weighted by Gasteiger charge is 2.38. The molecule has 0 atom stereocenters. The summed E-state index contributed by atoms with van der Waals surface area (Å²) in [4.78, 5) is 126. The summed E-state index contributed by atoms with van der Waals surface area (Å²) in [5, 5.41) is 42.6. The van der Waals surface area contributed by atoms with Crippen molar-refractivity contribution in [1.29, 1.82) is 0 Å². The molecule has 8 aliphatic rings. The Bertz CT molecular complexity index is 4960. The van der Waals surface area contributed by atoms with E-state index in [2.05, 4.69) is 96.8 Å². The van der Waals surface area contributed by atoms with E-state index in [4.69, 9.17) is 60.6 Å². The molecular weight excluding hydrogens is 1910 g/mol. The fraction of sp³-hybridized carbons (Fsp3) is 0.630. The lowest BCUT2D eigenvalue weighted by atomic mass is 9.78. The number of ether oxygens (including phenoxy) is 3. The minimum atomic E-state index is -0.493. The van der Waals surface area contributed by atoms with Gasteiger partial charge in [-0.3, -0.25) is 47.9 Å². The second-order valence-corrected chi connectivity index (χ2v) is 45.1. The Kier molecular flexibility index (Phi) is 46.6. The minimum Gasteiger partial charge on any atom is -0.497 e. The van der Waals surface area contributed by atoms with Crippen LogP contribution in [0.25, 0.3) is 0 Å². The largest absolute Gasteiger partial charge is 0.497 e. The first kappa shape index (κ1) is 118. The van der Waals surface area contributed by atoms with E-state index in [-0.39, 0.29) is 103 Å². The van der Waals surface area contributed by atoms with Crippen LogP contribution in [0.15, 0.2) is 91.0 Å². The molecule has 35 heteroatoms. The van der Waals surface area contributed by atoms with Crippen molar-refractivity contribution >= 4 is 105 Å². The molecular formula is C108H158Cl4F3N15O13. The van der Waals surface area contributed by atoms with Gasteiger partial charge in [0.2, 0.25) is 29.5 Å². The van der Waals surface area contributed by atoms with Crippen molar-refractivity contribution < 1.29 is 75.3 Å². The van der Waals surface area contributed by atoms with E-state index in [0.29, 0.717) is 174 Å². The predicted octanol–water partition coefficient (Wildman–Crippen LogP) is 16.6. The first-order valence-electron chi connectivity index (χ1n) is 51.2. The number of likely N-dealkylation sites (N-methyl/N-ethyl adjacent to an activating group) is 1. The fourth-order valence-electron chi connectivity index (χ4n) is 19.6. The molecule has 5 aromatic carbocycles. The van der Waals surface area contributed by atoms with Gasteiger partial charge in [-0.05, 0) is 351 Å². The zero-order valence-electron chi connectivity index (χ0n) is 86.4. The molecule has 7 aliphatic carbocycles. The lowest BCUT2D eigenvalue weighted by molar-refractivity contribution is -0.134. The average molecular weight is 2070 g/mol. The van der Waals surface area contributed by atoms with E-state index < -0.39 is 17.5 Å². The summed E-state index contributed by atoms with van der Waals surface area (Å²) in [5.74, 6) is 0.928. The number of likely N-dealkylation sites (tertiary alicyclic amines) is 1. The van der Waals surface area contributed by atoms with Crippen molar-refractivity contribution in [3.05, 3.63) is 156 Å². The molecule has 8 fully saturated rings. The van der Waals surface area contributed by atoms with Gasteiger partial charge >= 0.3 is 0 Å². The number of rotatable bonds is 35. The predicted molar refractivity (Wildman–Crippen MR) is 558 cm³/mol. The standard InChI is InChI=1S/C23H34FN3O3.C22H32FN3O3.C22H34FN3O3.C21H29Cl2N3O2.C20H29Cl2N3O2/c1-23(2)9-4-10-27(23)21(28)15-25-19-7-5-16(6-8-19)14-26-22(29)17-11-18(24)13-20(12-17)30-3;1-22(8-3-9-22)26-20(27)14-24-18-6-4-15(5-7-18)13-25-21(28)16-10-17(23)12-19(11-16)29-2;1-22(2,3)26(4)20(27)14-24-18-8-6-15(7-9-18)13-25-21(28)16-10-17(23)12-19(11-16)29-5;1-21(7-2-8-21)26-19(27)13-24-18-5-3-14(4-6-18)12-25-20(28)15-9-16(22)11-17(23)10-15;1-20(2,3)25-18(26)12-23-17-6-4-13(5-7-17)11-24-19(27)14-8-15(21)10-16(22)9-14/h11-13,16,19,25H,4-10,14-15H2,1-3H3,(H,26,29);10-12,15,18,24H,3-9,13-14H2,1-2H3,(H,25,28)(H,26,27);10-12,15,18,24H,6-9,13-14H2,1-5H3,(H,25,28);9-11,14,18,24H,2-8,12-13H2,1H3,(H,25,28)(H,26,27);8-10,13,17,23H,4-7,11-12H2,1-3H3,(H,24,27)(H,25,26). The molecule has 0 radical (unpaired) electrons. The summed E-state index contributed by atoms with van der Waals surface area (Å²) in [7, 11) is 6.16. The molecule has 1 aliphatic heterocycles. The van der Waals surface area contributed by atoms with Gasteiger partial charge in [0.15, 0.2) is 0 Å². The van der Waals surface area contributed by atoms with Gasteiger partial charge in [0.25, 0.3) is 29.5 Å². The van der Waals surface area contributed by atoms with E-state index in [9.17, 15) is 61.1 Å². The van der Waals surface area contributed by atoms with Crippen LogP contribution in [0.3, 0.4) is 0 Å². The van der Waals surface area contributed by atoms with Gasteiger partial charge in [-0.15, -0.1) is 0 Å². The quantitative estimate of drug-likeness (QED) is 0.0179. The van der Waals surface area contributed by atoms with Gasteiger partial charge in [-0.2, -0.15) is 0 Å². The lowest BCUT2D eigenvalue weighted by Crippen LogP contribution is -2.54. The van der Waals surface area contributed by atoms with E-state index >= 15 is 0 Å². The van der Waals surface area contributed by atoms with E-state index in [0.717, 1.165) is 173 Å². The second-order valence-electron chi connectivity index (χ2n) is 43.3. The Hall–Kier alpha value is -9.05. The average Bonchev–Trinajstić information content (AvgIpc) is 1.43. The topological polar surface area (TPSA) is 361 Å². The summed E-state index contributed by atoms with van der Waals surface area (Å²) in [6.07, 6.45) is 28.8. The van der Waals surface area contributed by atoms with Crippen LogP contribution in [0.1, 0.15) is 301 Å². The third-order valence-electron chi connectivity index (χ3n) is 29.0. The smallest absolute Gasteiger partial charge is 0.251 e. The van der Waals surface area contributed by atoms with Gasteiger partial charge < -0.3 is 93.1 Å². The van der Waals surface area contributed by atoms with E-state index in [1.165, 1.54) is 88.8 Å². The Balaban J connectivity index is 0.000000199. The van der Waals surface area contributed by atoms with Crippen molar-refractivity contribution in [2.24, 2.45) is 29.6 Å². The molecule has 1 heterocycles. The second kappa shape index (κ2) is 56.8. The number of nitrogens with one attached hydrogen (secondary N) is 13. The fourth-order valence-corrected chi connectivity index (χ4v) is 20.6. The minimum absolute atomic E-state index is 0.000315. The molecule has 28 nitrogen and oxygen atoms in total. The number of nitrogens with zero attached hydrogens (tertiary/aromatic N) is 2. The Morgan fingerprint density at radius 2 is 0.622 bits per heavy atom. The number of hydrogen-bond acceptors (Lipinski definition) is 18. The maximum absolute atomic E-state index is 13.6. The molecule has 13 rings (SSSR count). The molecule has 10 amide bonds. The zero-order valence-corrected chi connectivity index (χ0v) is 89.4. The van der Waals surface area contributed by atoms with E-state index in [1.807, 2.05) is 53.5 Å². The van der Waals surface area contributed by atoms with Crippen LogP contribution < -0.4 is 83.3 Å². The Labute approximate surface area is 864 Å². The highest BCUT2D eigenvalue weighted by Crippen LogP contribution is 2.36. The SMILES string of the molecule is CC(C)(C)NC(=O)CNC1CCC(CNC(=O)c2cc(Cl)cc(Cl)c2)CC1.CC1(NC(=O)CNC2CCC(CNC(=O)c3cc(Cl)cc(Cl)c3)CC2)CCC1.COc1cc(F)cc(C(=O)NCC2CCC(NCC(=O)N(C)C(C)(C)C)CC2)c1.COc1cc(F)cc(C(=O)NCC2CCC(NCC(=O)N3CCCC3(C)C)CC2)c1.COc1cc(F)cc(C(=O)NCC2CCC(NCC(=O)NC3(C)CCC3)CC2)c1. The van der Waals surface area contributed by atoms with Crippen molar-refractivity contribution in [2.45, 2.75) is 307 Å². The van der Waals surface area contributed by atoms with Gasteiger partial charge in [-0.1, -0.05) is 46.4 Å². The summed E-state index contributed by atoms with van der Waals surface area (Å²) >= 11 is 23.8. The van der Waals surface area contributed by atoms with Crippen LogP contribution in [0.4, 0.5) is 13.2 Å². The first-order chi connectivity index (χ1) is 67.7. The summed E-state index contributed by atoms with van der Waals surface area (Å²) < 4.78 is 55.8. The number of carbonyl (C=O) groups is 10. The van der Waals surface area contributed by atoms with Gasteiger partial charge in [-0.25, -0.2) is 13.2 Å². The number of carbonyl (C=O) groups excluding carboxylic acids is 10. The van der Waals surface area contributed by atoms with Crippen molar-refractivity contribution in [1.82, 2.24) is 78.9 Å². The molecule has 5 aromatic rings. The molecule has 143 heavy (non-hydrogen) atoms. The first-order valence-corrected chi connectivity index (χ1v) is 52.8. The third kappa shape index (κ3) is 41.3. The van der Waals surface area contributed by atoms with Crippen molar-refractivity contribution in [3.8, 4) is 17.2 Å². The Morgan fingerprint density at radius 1 is 0.357 bits per heavy atom. The number of hydrogen-bond donors (Lipinski definition) is 13. The van der Waals surface area contributed by atoms with E-state index in [1.54, 1.807) is 41.3 Å². The molecule has 0 bridgehead atoms. The summed E-state index contributed by atoms with van der Waals surface area (Å²) in [6, 6.07) is 23.4. The highest BCUT2D eigenvalue weighted by molar-refractivity contribution is 6.36. The molecule has 0 unspecified atom stereocenters. The van der Waals surface area contributed by atoms with Crippen LogP contribution in [-0.4, -0.2) is 227 Å². The number of halogens is 7. The number of amides is 10. The zero-order chi connectivity index (χ0) is 104. The van der Waals surface area contributed by atoms with Crippen LogP contribution in [0.2, 0.25) is 20.1 Å². The van der Waals surface area contributed by atoms with Crippen LogP contribution in [-0.2, 0) is 24.0 Å². The molecule has 1 saturated heterocycles. The molecule has 7 saturated carbocycles. The van der Waals surface area contributed by atoms with Crippen molar-refractivity contribution in [2.75, 3.05) is 100 Å². The van der Waals surface area contributed by atoms with Crippen LogP contribution in [0.5, 0.6) is 17.2 Å². The van der Waals surface area contributed by atoms with Crippen molar-refractivity contribution in [3.63, 3.8) is 0 Å². The van der Waals surface area contributed by atoms with Crippen LogP contribution >= 0.6 is 46.4 Å². The third-order valence-corrected chi connectivity index (χ3v) is 29.9. The highest BCUT2D eigenvalue weighted by atomic mass is 35.5. The van der Waals surface area contributed by atoms with Gasteiger partial charge in [0.05, 0.1) is 54.1 Å². The molecule has 792 valence electrons. The monoisotopic (exact) mass is 2070 g/mol. The Morgan fingerprint density at radius 3 is 0.867 bits per heavy atom. The van der Waals surface area contributed by atoms with Gasteiger partial charge in [0, 0.05) is 170 Å². The number of methoxy groups -OCH3 is 3.